The van der Waals surface area contributed by atoms with Gasteiger partial charge in [0.05, 0.1) is 12.2 Å². The highest BCUT2D eigenvalue weighted by molar-refractivity contribution is 9.10. The van der Waals surface area contributed by atoms with Gasteiger partial charge in [-0.2, -0.15) is 0 Å². The highest BCUT2D eigenvalue weighted by atomic mass is 79.9. The Labute approximate surface area is 108 Å². The van der Waals surface area contributed by atoms with Crippen LogP contribution in [-0.2, 0) is 11.3 Å². The van der Waals surface area contributed by atoms with Crippen molar-refractivity contribution in [2.75, 3.05) is 13.1 Å². The van der Waals surface area contributed by atoms with Gasteiger partial charge in [0.25, 0.3) is 0 Å². The summed E-state index contributed by atoms with van der Waals surface area (Å²) in [7, 11) is 0. The average Bonchev–Trinajstić information content (AvgIpc) is 2.64. The van der Waals surface area contributed by atoms with Crippen molar-refractivity contribution < 1.29 is 4.74 Å². The van der Waals surface area contributed by atoms with Gasteiger partial charge < -0.3 is 10.1 Å². The van der Waals surface area contributed by atoms with E-state index in [4.69, 9.17) is 16.3 Å². The van der Waals surface area contributed by atoms with E-state index in [0.717, 1.165) is 28.1 Å². The van der Waals surface area contributed by atoms with Crippen LogP contribution in [0.15, 0.2) is 16.6 Å². The molecule has 86 valence electrons. The zero-order valence-corrected chi connectivity index (χ0v) is 11.4. The molecule has 1 aromatic rings. The molecule has 0 spiro atoms. The summed E-state index contributed by atoms with van der Waals surface area (Å²) in [4.78, 5) is 0. The molecule has 2 nitrogen and oxygen atoms in total. The number of rotatable bonds is 0. The third kappa shape index (κ3) is 1.46. The van der Waals surface area contributed by atoms with Crippen LogP contribution in [0.5, 0.6) is 0 Å². The molecule has 0 aliphatic carbocycles. The highest BCUT2D eigenvalue weighted by Gasteiger charge is 2.45. The van der Waals surface area contributed by atoms with Crippen molar-refractivity contribution in [2.24, 2.45) is 0 Å². The molecule has 1 fully saturated rings. The first kappa shape index (κ1) is 11.0. The minimum atomic E-state index is -0.0831. The van der Waals surface area contributed by atoms with Crippen molar-refractivity contribution in [3.05, 3.63) is 32.8 Å². The Hall–Kier alpha value is -0.0900. The van der Waals surface area contributed by atoms with Crippen LogP contribution in [0.25, 0.3) is 0 Å². The lowest BCUT2D eigenvalue weighted by atomic mass is 9.81. The van der Waals surface area contributed by atoms with Crippen molar-refractivity contribution in [3.63, 3.8) is 0 Å². The molecule has 1 aromatic carbocycles. The topological polar surface area (TPSA) is 21.3 Å². The second-order valence-corrected chi connectivity index (χ2v) is 5.97. The number of halogens is 2. The molecule has 2 aliphatic heterocycles. The van der Waals surface area contributed by atoms with Gasteiger partial charge in [-0.25, -0.2) is 0 Å². The number of benzene rings is 1. The minimum absolute atomic E-state index is 0.0831. The Morgan fingerprint density at radius 2 is 2.38 bits per heavy atom. The zero-order valence-electron chi connectivity index (χ0n) is 9.02. The zero-order chi connectivity index (χ0) is 11.3. The SMILES string of the molecule is C[C@]12CNC[C@H]1c1c(Br)ccc(Cl)c1CO2. The molecule has 4 heteroatoms. The Morgan fingerprint density at radius 1 is 1.56 bits per heavy atom. The van der Waals surface area contributed by atoms with Gasteiger partial charge in [0.2, 0.25) is 0 Å². The monoisotopic (exact) mass is 301 g/mol. The molecule has 0 bridgehead atoms. The van der Waals surface area contributed by atoms with Gasteiger partial charge in [0.15, 0.2) is 0 Å². The maximum atomic E-state index is 6.23. The van der Waals surface area contributed by atoms with Crippen LogP contribution >= 0.6 is 27.5 Å². The molecule has 2 aliphatic rings. The van der Waals surface area contributed by atoms with Crippen LogP contribution in [0.2, 0.25) is 5.02 Å². The number of hydrogen-bond acceptors (Lipinski definition) is 2. The Bertz CT molecular complexity index is 451. The van der Waals surface area contributed by atoms with Crippen LogP contribution in [0.4, 0.5) is 0 Å². The van der Waals surface area contributed by atoms with Crippen LogP contribution in [0.1, 0.15) is 24.0 Å². The summed E-state index contributed by atoms with van der Waals surface area (Å²) in [5.74, 6) is 0.393. The molecule has 0 saturated carbocycles. The van der Waals surface area contributed by atoms with Gasteiger partial charge in [-0.05, 0) is 24.6 Å². The van der Waals surface area contributed by atoms with E-state index in [1.54, 1.807) is 0 Å². The van der Waals surface area contributed by atoms with Crippen LogP contribution < -0.4 is 5.32 Å². The Morgan fingerprint density at radius 3 is 3.19 bits per heavy atom. The summed E-state index contributed by atoms with van der Waals surface area (Å²) in [6.45, 7) is 4.66. The van der Waals surface area contributed by atoms with E-state index in [2.05, 4.69) is 28.2 Å². The standard InChI is InChI=1S/C12H13BrClNO/c1-12-6-15-4-8(12)11-7(5-16-12)10(14)3-2-9(11)13/h2-3,8,15H,4-6H2,1H3/t8-,12-/m0/s1. The lowest BCUT2D eigenvalue weighted by Crippen LogP contribution is -2.40. The van der Waals surface area contributed by atoms with E-state index in [1.807, 2.05) is 12.1 Å². The first-order chi connectivity index (χ1) is 7.62. The lowest BCUT2D eigenvalue weighted by Gasteiger charge is -2.38. The van der Waals surface area contributed by atoms with E-state index in [1.165, 1.54) is 5.56 Å². The second kappa shape index (κ2) is 3.70. The first-order valence-electron chi connectivity index (χ1n) is 5.43. The average molecular weight is 303 g/mol. The van der Waals surface area contributed by atoms with E-state index >= 15 is 0 Å². The molecular weight excluding hydrogens is 289 g/mol. The van der Waals surface area contributed by atoms with Crippen LogP contribution in [0.3, 0.4) is 0 Å². The van der Waals surface area contributed by atoms with Crippen molar-refractivity contribution in [1.29, 1.82) is 0 Å². The van der Waals surface area contributed by atoms with E-state index in [9.17, 15) is 0 Å². The molecular formula is C12H13BrClNO. The smallest absolute Gasteiger partial charge is 0.0863 e. The third-order valence-electron chi connectivity index (χ3n) is 3.70. The van der Waals surface area contributed by atoms with E-state index in [-0.39, 0.29) is 5.60 Å². The van der Waals surface area contributed by atoms with Crippen LogP contribution in [0, 0.1) is 0 Å². The second-order valence-electron chi connectivity index (χ2n) is 4.71. The molecule has 0 unspecified atom stereocenters. The van der Waals surface area contributed by atoms with E-state index < -0.39 is 0 Å². The number of ether oxygens (including phenoxy) is 1. The largest absolute Gasteiger partial charge is 0.369 e. The maximum Gasteiger partial charge on any atom is 0.0863 e. The molecule has 2 atom stereocenters. The molecule has 0 aromatic heterocycles. The van der Waals surface area contributed by atoms with Gasteiger partial charge in [-0.3, -0.25) is 0 Å². The first-order valence-corrected chi connectivity index (χ1v) is 6.60. The van der Waals surface area contributed by atoms with Crippen LogP contribution in [-0.4, -0.2) is 18.7 Å². The van der Waals surface area contributed by atoms with Gasteiger partial charge >= 0.3 is 0 Å². The van der Waals surface area contributed by atoms with Crippen molar-refractivity contribution in [3.8, 4) is 0 Å². The van der Waals surface area contributed by atoms with Crippen molar-refractivity contribution in [2.45, 2.75) is 25.0 Å². The maximum absolute atomic E-state index is 6.23. The molecule has 3 rings (SSSR count). The summed E-state index contributed by atoms with van der Waals surface area (Å²) < 4.78 is 7.13. The van der Waals surface area contributed by atoms with Gasteiger partial charge in [0, 0.05) is 34.1 Å². The van der Waals surface area contributed by atoms with Crippen molar-refractivity contribution in [1.82, 2.24) is 5.32 Å². The predicted octanol–water partition coefficient (Wildman–Crippen LogP) is 3.08. The Kier molecular flexibility index (Phi) is 2.55. The number of nitrogens with one attached hydrogen (secondary N) is 1. The number of fused-ring (bicyclic) bond motifs is 3. The summed E-state index contributed by atoms with van der Waals surface area (Å²) in [6.07, 6.45) is 0. The minimum Gasteiger partial charge on any atom is -0.369 e. The Balaban J connectivity index is 2.19. The van der Waals surface area contributed by atoms with Gasteiger partial charge in [0.1, 0.15) is 0 Å². The molecule has 0 amide bonds. The van der Waals surface area contributed by atoms with Gasteiger partial charge in [-0.1, -0.05) is 27.5 Å². The third-order valence-corrected chi connectivity index (χ3v) is 4.75. The fraction of sp³-hybridized carbons (Fsp3) is 0.500. The van der Waals surface area contributed by atoms with Gasteiger partial charge in [-0.15, -0.1) is 0 Å². The number of hydrogen-bond donors (Lipinski definition) is 1. The quantitative estimate of drug-likeness (QED) is 0.795. The molecule has 16 heavy (non-hydrogen) atoms. The molecule has 1 saturated heterocycles. The van der Waals surface area contributed by atoms with E-state index in [0.29, 0.717) is 12.5 Å². The normalized spacial score (nSPS) is 32.3. The van der Waals surface area contributed by atoms with Crippen molar-refractivity contribution >= 4 is 27.5 Å². The molecule has 0 radical (unpaired) electrons. The fourth-order valence-electron chi connectivity index (χ4n) is 2.73. The summed E-state index contributed by atoms with van der Waals surface area (Å²) in [6, 6.07) is 3.96. The highest BCUT2D eigenvalue weighted by Crippen LogP contribution is 2.46. The molecule has 2 heterocycles. The molecule has 1 N–H and O–H groups in total. The summed E-state index contributed by atoms with van der Waals surface area (Å²) in [5.41, 5.74) is 2.38. The lowest BCUT2D eigenvalue weighted by molar-refractivity contribution is -0.0519. The fourth-order valence-corrected chi connectivity index (χ4v) is 3.60. The summed E-state index contributed by atoms with van der Waals surface area (Å²) in [5, 5.41) is 4.22. The summed E-state index contributed by atoms with van der Waals surface area (Å²) >= 11 is 9.86. The predicted molar refractivity (Wildman–Crippen MR) is 68.0 cm³/mol.